The van der Waals surface area contributed by atoms with Crippen LogP contribution < -0.4 is 0 Å². The van der Waals surface area contributed by atoms with Crippen molar-refractivity contribution in [2.24, 2.45) is 0 Å². The first-order valence-corrected chi connectivity index (χ1v) is 6.16. The number of halogens is 1. The maximum Gasteiger partial charge on any atom is 0.253 e. The Labute approximate surface area is 117 Å². The van der Waals surface area contributed by atoms with E-state index in [0.717, 1.165) is 0 Å². The number of benzene rings is 1. The summed E-state index contributed by atoms with van der Waals surface area (Å²) in [5, 5.41) is 18.2. The lowest BCUT2D eigenvalue weighted by atomic mass is 10.1. The van der Waals surface area contributed by atoms with Crippen LogP contribution >= 0.6 is 11.6 Å². The van der Waals surface area contributed by atoms with Gasteiger partial charge in [0.2, 0.25) is 0 Å². The third kappa shape index (κ3) is 4.56. The summed E-state index contributed by atoms with van der Waals surface area (Å²) in [6.45, 7) is 1.63. The van der Waals surface area contributed by atoms with Crippen molar-refractivity contribution in [1.82, 2.24) is 4.90 Å². The third-order valence-electron chi connectivity index (χ3n) is 2.40. The van der Waals surface area contributed by atoms with Crippen LogP contribution in [0.25, 0.3) is 0 Å². The molecule has 0 bridgehead atoms. The van der Waals surface area contributed by atoms with Crippen molar-refractivity contribution < 1.29 is 15.0 Å². The first-order valence-electron chi connectivity index (χ1n) is 5.78. The number of aliphatic hydroxyl groups excluding tert-OH is 2. The van der Waals surface area contributed by atoms with E-state index in [9.17, 15) is 9.90 Å². The van der Waals surface area contributed by atoms with Crippen LogP contribution in [-0.2, 0) is 0 Å². The van der Waals surface area contributed by atoms with Gasteiger partial charge in [-0.1, -0.05) is 23.4 Å². The summed E-state index contributed by atoms with van der Waals surface area (Å²) in [5.74, 6) is 4.97. The molecule has 4 nitrogen and oxygen atoms in total. The first kappa shape index (κ1) is 15.5. The average molecular weight is 282 g/mol. The molecule has 1 aromatic carbocycles. The summed E-state index contributed by atoms with van der Waals surface area (Å²) in [6.07, 6.45) is -0.584. The van der Waals surface area contributed by atoms with Crippen molar-refractivity contribution in [1.29, 1.82) is 0 Å². The number of carbonyl (C=O) groups excluding carboxylic acids is 1. The Kier molecular flexibility index (Phi) is 5.84. The van der Waals surface area contributed by atoms with Gasteiger partial charge in [0.25, 0.3) is 5.91 Å². The number of hydrogen-bond donors (Lipinski definition) is 2. The molecule has 0 heterocycles. The van der Waals surface area contributed by atoms with Gasteiger partial charge in [0.15, 0.2) is 0 Å². The summed E-state index contributed by atoms with van der Waals surface area (Å²) >= 11 is 6.02. The summed E-state index contributed by atoms with van der Waals surface area (Å²) in [6, 6.07) is 4.78. The van der Waals surface area contributed by atoms with E-state index in [2.05, 4.69) is 11.8 Å². The lowest BCUT2D eigenvalue weighted by molar-refractivity contribution is 0.0703. The van der Waals surface area contributed by atoms with Crippen molar-refractivity contribution in [2.45, 2.75) is 13.0 Å². The molecule has 2 N–H and O–H groups in total. The lowest BCUT2D eigenvalue weighted by Gasteiger charge is -2.19. The van der Waals surface area contributed by atoms with Crippen LogP contribution in [-0.4, -0.2) is 47.3 Å². The summed E-state index contributed by atoms with van der Waals surface area (Å²) in [7, 11) is 1.61. The molecule has 0 aliphatic heterocycles. The van der Waals surface area contributed by atoms with Crippen LogP contribution in [0.5, 0.6) is 0 Å². The third-order valence-corrected chi connectivity index (χ3v) is 2.72. The smallest absolute Gasteiger partial charge is 0.253 e. The minimum absolute atomic E-state index is 0.218. The van der Waals surface area contributed by atoms with E-state index < -0.39 is 6.10 Å². The quantitative estimate of drug-likeness (QED) is 0.817. The summed E-state index contributed by atoms with van der Waals surface area (Å²) < 4.78 is 0. The van der Waals surface area contributed by atoms with Crippen molar-refractivity contribution in [3.05, 3.63) is 34.3 Å². The molecule has 102 valence electrons. The van der Waals surface area contributed by atoms with E-state index in [1.165, 1.54) is 11.0 Å². The monoisotopic (exact) mass is 281 g/mol. The minimum Gasteiger partial charge on any atom is -0.392 e. The van der Waals surface area contributed by atoms with E-state index in [4.69, 9.17) is 16.7 Å². The zero-order chi connectivity index (χ0) is 14.4. The van der Waals surface area contributed by atoms with Crippen molar-refractivity contribution >= 4 is 17.5 Å². The van der Waals surface area contributed by atoms with Gasteiger partial charge in [0, 0.05) is 24.7 Å². The maximum atomic E-state index is 12.0. The van der Waals surface area contributed by atoms with E-state index in [1.54, 1.807) is 26.1 Å². The summed E-state index contributed by atoms with van der Waals surface area (Å²) in [4.78, 5) is 13.5. The van der Waals surface area contributed by atoms with Gasteiger partial charge in [-0.05, 0) is 25.1 Å². The van der Waals surface area contributed by atoms with Crippen LogP contribution in [0.4, 0.5) is 0 Å². The normalized spacial score (nSPS) is 11.4. The van der Waals surface area contributed by atoms with Gasteiger partial charge in [-0.3, -0.25) is 4.79 Å². The van der Waals surface area contributed by atoms with Crippen LogP contribution in [0, 0.1) is 11.8 Å². The predicted molar refractivity (Wildman–Crippen MR) is 74.1 cm³/mol. The number of likely N-dealkylation sites (N-methyl/N-ethyl adjacent to an activating group) is 1. The SMILES string of the molecule is CC(O)CN(C)C(=O)c1ccc(C#CCO)c(Cl)c1. The first-order chi connectivity index (χ1) is 8.95. The molecule has 1 amide bonds. The second kappa shape index (κ2) is 7.15. The topological polar surface area (TPSA) is 60.8 Å². The largest absolute Gasteiger partial charge is 0.392 e. The molecule has 0 fully saturated rings. The Morgan fingerprint density at radius 2 is 2.21 bits per heavy atom. The van der Waals surface area contributed by atoms with Gasteiger partial charge in [-0.25, -0.2) is 0 Å². The molecule has 1 rings (SSSR count). The Bertz CT molecular complexity index is 517. The second-order valence-corrected chi connectivity index (χ2v) is 4.60. The number of nitrogens with zero attached hydrogens (tertiary/aromatic N) is 1. The van der Waals surface area contributed by atoms with Crippen LogP contribution in [0.3, 0.4) is 0 Å². The van der Waals surface area contributed by atoms with Crippen molar-refractivity contribution in [2.75, 3.05) is 20.2 Å². The van der Waals surface area contributed by atoms with E-state index in [0.29, 0.717) is 16.1 Å². The number of rotatable bonds is 3. The molecule has 1 unspecified atom stereocenters. The standard InChI is InChI=1S/C14H16ClNO3/c1-10(18)9-16(2)14(19)12-6-5-11(4-3-7-17)13(15)8-12/h5-6,8,10,17-18H,7,9H2,1-2H3. The molecule has 0 radical (unpaired) electrons. The minimum atomic E-state index is -0.584. The number of amides is 1. The van der Waals surface area contributed by atoms with E-state index in [1.807, 2.05) is 0 Å². The number of aliphatic hydroxyl groups is 2. The zero-order valence-electron chi connectivity index (χ0n) is 10.9. The molecule has 5 heteroatoms. The van der Waals surface area contributed by atoms with Gasteiger partial charge in [0.1, 0.15) is 6.61 Å². The van der Waals surface area contributed by atoms with E-state index >= 15 is 0 Å². The highest BCUT2D eigenvalue weighted by Crippen LogP contribution is 2.18. The Morgan fingerprint density at radius 3 is 2.74 bits per heavy atom. The molecule has 0 spiro atoms. The molecule has 1 aromatic rings. The number of hydrogen-bond acceptors (Lipinski definition) is 3. The molecule has 0 aliphatic rings. The molecule has 19 heavy (non-hydrogen) atoms. The number of carbonyl (C=O) groups is 1. The highest BCUT2D eigenvalue weighted by atomic mass is 35.5. The molecule has 0 aromatic heterocycles. The Balaban J connectivity index is 2.91. The van der Waals surface area contributed by atoms with Crippen LogP contribution in [0.15, 0.2) is 18.2 Å². The van der Waals surface area contributed by atoms with Gasteiger partial charge in [-0.2, -0.15) is 0 Å². The van der Waals surface area contributed by atoms with E-state index in [-0.39, 0.29) is 19.1 Å². The fraction of sp³-hybridized carbons (Fsp3) is 0.357. The molecule has 0 saturated carbocycles. The summed E-state index contributed by atoms with van der Waals surface area (Å²) in [5.41, 5.74) is 0.994. The highest BCUT2D eigenvalue weighted by molar-refractivity contribution is 6.32. The fourth-order valence-corrected chi connectivity index (χ4v) is 1.81. The van der Waals surface area contributed by atoms with Gasteiger partial charge in [0.05, 0.1) is 11.1 Å². The maximum absolute atomic E-state index is 12.0. The van der Waals surface area contributed by atoms with Gasteiger partial charge in [-0.15, -0.1) is 0 Å². The van der Waals surface area contributed by atoms with Crippen LogP contribution in [0.2, 0.25) is 5.02 Å². The van der Waals surface area contributed by atoms with Crippen LogP contribution in [0.1, 0.15) is 22.8 Å². The van der Waals surface area contributed by atoms with Gasteiger partial charge >= 0.3 is 0 Å². The molecule has 1 atom stereocenters. The molecule has 0 saturated heterocycles. The van der Waals surface area contributed by atoms with Gasteiger partial charge < -0.3 is 15.1 Å². The Morgan fingerprint density at radius 1 is 1.53 bits per heavy atom. The average Bonchev–Trinajstić information content (AvgIpc) is 2.35. The zero-order valence-corrected chi connectivity index (χ0v) is 11.6. The highest BCUT2D eigenvalue weighted by Gasteiger charge is 2.14. The van der Waals surface area contributed by atoms with Crippen molar-refractivity contribution in [3.63, 3.8) is 0 Å². The molecule has 0 aliphatic carbocycles. The Hall–Kier alpha value is -1.54. The molecular weight excluding hydrogens is 266 g/mol. The second-order valence-electron chi connectivity index (χ2n) is 4.19. The molecular formula is C14H16ClNO3. The fourth-order valence-electron chi connectivity index (χ4n) is 1.58. The lowest BCUT2D eigenvalue weighted by Crippen LogP contribution is -2.33. The predicted octanol–water partition coefficient (Wildman–Crippen LogP) is 1.14. The van der Waals surface area contributed by atoms with Crippen molar-refractivity contribution in [3.8, 4) is 11.8 Å².